The summed E-state index contributed by atoms with van der Waals surface area (Å²) in [7, 11) is 0. The second-order valence-corrected chi connectivity index (χ2v) is 3.91. The van der Waals surface area contributed by atoms with Gasteiger partial charge in [-0.25, -0.2) is 4.79 Å². The monoisotopic (exact) mass is 194 g/mol. The predicted molar refractivity (Wildman–Crippen MR) is 51.1 cm³/mol. The molecule has 1 fully saturated rings. The Morgan fingerprint density at radius 1 is 1.57 bits per heavy atom. The fourth-order valence-corrected chi connectivity index (χ4v) is 2.03. The summed E-state index contributed by atoms with van der Waals surface area (Å²) in [5, 5.41) is 12.7. The first-order valence-electron chi connectivity index (χ1n) is 5.01. The predicted octanol–water partition coefficient (Wildman–Crippen LogP) is 1.77. The molecule has 0 unspecified atom stereocenters. The second-order valence-electron chi connectivity index (χ2n) is 3.91. The standard InChI is InChI=1S/C10H14N2O2/c13-10(14)9-5-11-12(7-9)6-8-3-1-2-4-8/h5,7-8H,1-4,6H2,(H,13,14). The molecule has 1 N–H and O–H groups in total. The summed E-state index contributed by atoms with van der Waals surface area (Å²) in [5.74, 6) is -0.209. The summed E-state index contributed by atoms with van der Waals surface area (Å²) in [6, 6.07) is 0. The molecule has 1 aliphatic rings. The van der Waals surface area contributed by atoms with Gasteiger partial charge in [0.05, 0.1) is 11.8 Å². The number of hydrogen-bond acceptors (Lipinski definition) is 2. The molecule has 4 nitrogen and oxygen atoms in total. The van der Waals surface area contributed by atoms with Crippen molar-refractivity contribution in [1.82, 2.24) is 9.78 Å². The van der Waals surface area contributed by atoms with Gasteiger partial charge in [0.1, 0.15) is 0 Å². The Morgan fingerprint density at radius 3 is 2.86 bits per heavy atom. The number of carboxylic acids is 1. The number of aromatic carboxylic acids is 1. The summed E-state index contributed by atoms with van der Waals surface area (Å²) < 4.78 is 1.75. The zero-order valence-electron chi connectivity index (χ0n) is 8.02. The summed E-state index contributed by atoms with van der Waals surface area (Å²) in [6.45, 7) is 0.868. The molecule has 1 heterocycles. The minimum Gasteiger partial charge on any atom is -0.478 e. The fraction of sp³-hybridized carbons (Fsp3) is 0.600. The van der Waals surface area contributed by atoms with E-state index in [1.807, 2.05) is 0 Å². The smallest absolute Gasteiger partial charge is 0.338 e. The Kier molecular flexibility index (Phi) is 2.52. The van der Waals surface area contributed by atoms with Crippen LogP contribution in [0.5, 0.6) is 0 Å². The molecule has 1 saturated carbocycles. The first kappa shape index (κ1) is 9.24. The van der Waals surface area contributed by atoms with Crippen LogP contribution in [0.1, 0.15) is 36.0 Å². The van der Waals surface area contributed by atoms with Crippen molar-refractivity contribution in [3.8, 4) is 0 Å². The highest BCUT2D eigenvalue weighted by Crippen LogP contribution is 2.25. The Labute approximate surface area is 82.5 Å². The molecular formula is C10H14N2O2. The molecule has 0 aliphatic heterocycles. The quantitative estimate of drug-likeness (QED) is 0.797. The van der Waals surface area contributed by atoms with Gasteiger partial charge in [0.15, 0.2) is 0 Å². The minimum atomic E-state index is -0.900. The van der Waals surface area contributed by atoms with Crippen LogP contribution in [-0.2, 0) is 6.54 Å². The lowest BCUT2D eigenvalue weighted by atomic mass is 10.1. The summed E-state index contributed by atoms with van der Waals surface area (Å²) >= 11 is 0. The SMILES string of the molecule is O=C(O)c1cnn(CC2CCCC2)c1. The molecule has 0 radical (unpaired) electrons. The van der Waals surface area contributed by atoms with Crippen LogP contribution in [0.15, 0.2) is 12.4 Å². The number of rotatable bonds is 3. The lowest BCUT2D eigenvalue weighted by Crippen LogP contribution is -2.07. The minimum absolute atomic E-state index is 0.281. The van der Waals surface area contributed by atoms with Gasteiger partial charge >= 0.3 is 5.97 Å². The topological polar surface area (TPSA) is 55.1 Å². The van der Waals surface area contributed by atoms with Gasteiger partial charge in [-0.1, -0.05) is 12.8 Å². The van der Waals surface area contributed by atoms with Gasteiger partial charge in [-0.2, -0.15) is 5.10 Å². The van der Waals surface area contributed by atoms with E-state index in [9.17, 15) is 4.79 Å². The Balaban J connectivity index is 1.98. The molecule has 0 spiro atoms. The van der Waals surface area contributed by atoms with Crippen LogP contribution in [0.4, 0.5) is 0 Å². The van der Waals surface area contributed by atoms with Crippen molar-refractivity contribution < 1.29 is 9.90 Å². The third-order valence-electron chi connectivity index (χ3n) is 2.80. The van der Waals surface area contributed by atoms with E-state index in [2.05, 4.69) is 5.10 Å². The third-order valence-corrected chi connectivity index (χ3v) is 2.80. The zero-order chi connectivity index (χ0) is 9.97. The van der Waals surface area contributed by atoms with Crippen LogP contribution in [0.25, 0.3) is 0 Å². The number of carboxylic acid groups (broad SMARTS) is 1. The lowest BCUT2D eigenvalue weighted by Gasteiger charge is -2.07. The maximum Gasteiger partial charge on any atom is 0.338 e. The molecule has 4 heteroatoms. The summed E-state index contributed by atoms with van der Waals surface area (Å²) in [5.41, 5.74) is 0.281. The molecule has 14 heavy (non-hydrogen) atoms. The van der Waals surface area contributed by atoms with Crippen LogP contribution in [0.3, 0.4) is 0 Å². The van der Waals surface area contributed by atoms with Crippen molar-refractivity contribution >= 4 is 5.97 Å². The van der Waals surface area contributed by atoms with Crippen molar-refractivity contribution in [2.45, 2.75) is 32.2 Å². The average Bonchev–Trinajstić information content (AvgIpc) is 2.75. The Bertz CT molecular complexity index is 327. The first-order valence-corrected chi connectivity index (χ1v) is 5.01. The van der Waals surface area contributed by atoms with Crippen molar-refractivity contribution in [3.05, 3.63) is 18.0 Å². The van der Waals surface area contributed by atoms with E-state index in [1.54, 1.807) is 10.9 Å². The highest BCUT2D eigenvalue weighted by atomic mass is 16.4. The van der Waals surface area contributed by atoms with Crippen molar-refractivity contribution in [2.24, 2.45) is 5.92 Å². The van der Waals surface area contributed by atoms with Crippen LogP contribution < -0.4 is 0 Å². The van der Waals surface area contributed by atoms with E-state index in [0.29, 0.717) is 5.92 Å². The molecule has 1 aromatic rings. The van der Waals surface area contributed by atoms with Gasteiger partial charge in [-0.3, -0.25) is 4.68 Å². The molecule has 0 bridgehead atoms. The van der Waals surface area contributed by atoms with Gasteiger partial charge in [0, 0.05) is 12.7 Å². The van der Waals surface area contributed by atoms with E-state index < -0.39 is 5.97 Å². The molecule has 0 amide bonds. The number of aromatic nitrogens is 2. The number of nitrogens with zero attached hydrogens (tertiary/aromatic N) is 2. The highest BCUT2D eigenvalue weighted by molar-refractivity contribution is 5.86. The van der Waals surface area contributed by atoms with E-state index in [1.165, 1.54) is 31.9 Å². The fourth-order valence-electron chi connectivity index (χ4n) is 2.03. The molecule has 76 valence electrons. The molecule has 0 atom stereocenters. The van der Waals surface area contributed by atoms with Gasteiger partial charge in [-0.05, 0) is 18.8 Å². The maximum atomic E-state index is 10.6. The van der Waals surface area contributed by atoms with Crippen LogP contribution >= 0.6 is 0 Å². The molecule has 1 aliphatic carbocycles. The Morgan fingerprint density at radius 2 is 2.29 bits per heavy atom. The van der Waals surface area contributed by atoms with E-state index in [0.717, 1.165) is 6.54 Å². The van der Waals surface area contributed by atoms with Gasteiger partial charge in [0.2, 0.25) is 0 Å². The van der Waals surface area contributed by atoms with Crippen molar-refractivity contribution in [3.63, 3.8) is 0 Å². The molecular weight excluding hydrogens is 180 g/mol. The van der Waals surface area contributed by atoms with E-state index >= 15 is 0 Å². The van der Waals surface area contributed by atoms with E-state index in [-0.39, 0.29) is 5.56 Å². The maximum absolute atomic E-state index is 10.6. The summed E-state index contributed by atoms with van der Waals surface area (Å²) in [4.78, 5) is 10.6. The third kappa shape index (κ3) is 1.95. The van der Waals surface area contributed by atoms with Crippen molar-refractivity contribution in [1.29, 1.82) is 0 Å². The van der Waals surface area contributed by atoms with E-state index in [4.69, 9.17) is 5.11 Å². The van der Waals surface area contributed by atoms with Crippen LogP contribution in [-0.4, -0.2) is 20.9 Å². The molecule has 0 aromatic carbocycles. The van der Waals surface area contributed by atoms with Crippen LogP contribution in [0.2, 0.25) is 0 Å². The zero-order valence-corrected chi connectivity index (χ0v) is 8.02. The average molecular weight is 194 g/mol. The first-order chi connectivity index (χ1) is 6.75. The Hall–Kier alpha value is -1.32. The number of carbonyl (C=O) groups is 1. The van der Waals surface area contributed by atoms with Gasteiger partial charge < -0.3 is 5.11 Å². The largest absolute Gasteiger partial charge is 0.478 e. The molecule has 1 aromatic heterocycles. The molecule has 2 rings (SSSR count). The highest BCUT2D eigenvalue weighted by Gasteiger charge is 2.16. The summed E-state index contributed by atoms with van der Waals surface area (Å²) in [6.07, 6.45) is 8.14. The normalized spacial score (nSPS) is 17.4. The lowest BCUT2D eigenvalue weighted by molar-refractivity contribution is 0.0696. The second kappa shape index (κ2) is 3.82. The van der Waals surface area contributed by atoms with Crippen LogP contribution in [0, 0.1) is 5.92 Å². The van der Waals surface area contributed by atoms with Crippen molar-refractivity contribution in [2.75, 3.05) is 0 Å². The van der Waals surface area contributed by atoms with Gasteiger partial charge in [-0.15, -0.1) is 0 Å². The number of hydrogen-bond donors (Lipinski definition) is 1. The van der Waals surface area contributed by atoms with Gasteiger partial charge in [0.25, 0.3) is 0 Å². The molecule has 0 saturated heterocycles.